The van der Waals surface area contributed by atoms with Crippen LogP contribution in [0.5, 0.6) is 0 Å². The summed E-state index contributed by atoms with van der Waals surface area (Å²) in [6.45, 7) is 0. The third kappa shape index (κ3) is 1.27. The van der Waals surface area contributed by atoms with Crippen LogP contribution in [0.4, 0.5) is 0 Å². The molecule has 1 aromatic heterocycles. The maximum absolute atomic E-state index is 2.51. The van der Waals surface area contributed by atoms with Gasteiger partial charge in [0.1, 0.15) is 0 Å². The molecule has 1 fully saturated rings. The zero-order chi connectivity index (χ0) is 11.2. The summed E-state index contributed by atoms with van der Waals surface area (Å²) < 4.78 is 2.51. The number of aromatic nitrogens is 1. The first-order valence-electron chi connectivity index (χ1n) is 6.04. The maximum atomic E-state index is 2.51. The summed E-state index contributed by atoms with van der Waals surface area (Å²) in [5.74, 6) is 1.30. The van der Waals surface area contributed by atoms with E-state index in [2.05, 4.69) is 64.9 Å². The van der Waals surface area contributed by atoms with Crippen molar-refractivity contribution >= 4 is 33.6 Å². The predicted molar refractivity (Wildman–Crippen MR) is 75.6 cm³/mol. The van der Waals surface area contributed by atoms with Crippen molar-refractivity contribution in [1.29, 1.82) is 0 Å². The zero-order valence-corrected chi connectivity index (χ0v) is 10.3. The van der Waals surface area contributed by atoms with Gasteiger partial charge in [-0.05, 0) is 24.3 Å². The first-order chi connectivity index (χ1) is 8.45. The number of nitrogens with zero attached hydrogens (tertiary/aromatic N) is 1. The van der Waals surface area contributed by atoms with Gasteiger partial charge in [0.2, 0.25) is 0 Å². The second-order valence-electron chi connectivity index (χ2n) is 4.52. The van der Waals surface area contributed by atoms with E-state index in [4.69, 9.17) is 0 Å². The highest BCUT2D eigenvalue weighted by Gasteiger charge is 2.23. The lowest BCUT2D eigenvalue weighted by Gasteiger charge is -2.28. The lowest BCUT2D eigenvalue weighted by Crippen LogP contribution is -2.14. The SMILES string of the molecule is c1ccc2c(c1)c1ccccc1n2[C@@H]1CCS1. The molecule has 3 aromatic rings. The van der Waals surface area contributed by atoms with Crippen molar-refractivity contribution < 1.29 is 0 Å². The molecule has 17 heavy (non-hydrogen) atoms. The Balaban J connectivity index is 2.18. The predicted octanol–water partition coefficient (Wildman–Crippen LogP) is 4.43. The Bertz CT molecular complexity index is 641. The number of thioether (sulfide) groups is 1. The lowest BCUT2D eigenvalue weighted by atomic mass is 10.2. The lowest BCUT2D eigenvalue weighted by molar-refractivity contribution is 0.667. The summed E-state index contributed by atoms with van der Waals surface area (Å²) in [5.41, 5.74) is 2.76. The van der Waals surface area contributed by atoms with Crippen LogP contribution in [0.3, 0.4) is 0 Å². The third-order valence-corrected chi connectivity index (χ3v) is 4.88. The van der Waals surface area contributed by atoms with E-state index in [0.717, 1.165) is 0 Å². The number of hydrogen-bond acceptors (Lipinski definition) is 1. The van der Waals surface area contributed by atoms with Crippen LogP contribution in [0.2, 0.25) is 0 Å². The molecule has 0 radical (unpaired) electrons. The van der Waals surface area contributed by atoms with Crippen molar-refractivity contribution in [1.82, 2.24) is 4.57 Å². The maximum Gasteiger partial charge on any atom is 0.0807 e. The van der Waals surface area contributed by atoms with Gasteiger partial charge in [-0.2, -0.15) is 0 Å². The topological polar surface area (TPSA) is 4.93 Å². The fraction of sp³-hybridized carbons (Fsp3) is 0.200. The summed E-state index contributed by atoms with van der Waals surface area (Å²) in [7, 11) is 0. The molecule has 0 amide bonds. The van der Waals surface area contributed by atoms with Crippen molar-refractivity contribution in [2.75, 3.05) is 5.75 Å². The third-order valence-electron chi connectivity index (χ3n) is 3.58. The fourth-order valence-corrected chi connectivity index (χ4v) is 3.51. The molecule has 1 aliphatic rings. The van der Waals surface area contributed by atoms with Gasteiger partial charge < -0.3 is 4.57 Å². The summed E-state index contributed by atoms with van der Waals surface area (Å²) in [4.78, 5) is 0. The van der Waals surface area contributed by atoms with Gasteiger partial charge in [0.15, 0.2) is 0 Å². The van der Waals surface area contributed by atoms with Gasteiger partial charge in [-0.15, -0.1) is 11.8 Å². The molecule has 0 saturated carbocycles. The van der Waals surface area contributed by atoms with E-state index in [1.165, 1.54) is 34.0 Å². The van der Waals surface area contributed by atoms with Crippen LogP contribution < -0.4 is 0 Å². The first-order valence-corrected chi connectivity index (χ1v) is 7.09. The van der Waals surface area contributed by atoms with Gasteiger partial charge in [0.05, 0.1) is 16.4 Å². The number of fused-ring (bicyclic) bond motifs is 3. The Labute approximate surface area is 104 Å². The molecule has 2 aromatic carbocycles. The smallest absolute Gasteiger partial charge is 0.0807 e. The van der Waals surface area contributed by atoms with Gasteiger partial charge >= 0.3 is 0 Å². The normalized spacial score (nSPS) is 19.6. The van der Waals surface area contributed by atoms with Gasteiger partial charge in [0, 0.05) is 10.8 Å². The molecular weight excluding hydrogens is 226 g/mol. The average molecular weight is 239 g/mol. The van der Waals surface area contributed by atoms with Crippen LogP contribution in [0.1, 0.15) is 11.8 Å². The van der Waals surface area contributed by atoms with Crippen LogP contribution >= 0.6 is 11.8 Å². The second kappa shape index (κ2) is 3.54. The molecule has 0 bridgehead atoms. The molecule has 2 heterocycles. The summed E-state index contributed by atoms with van der Waals surface area (Å²) in [5, 5.41) is 3.41. The zero-order valence-electron chi connectivity index (χ0n) is 9.47. The minimum Gasteiger partial charge on any atom is -0.328 e. The van der Waals surface area contributed by atoms with Crippen molar-refractivity contribution in [3.8, 4) is 0 Å². The molecule has 0 aliphatic carbocycles. The fourth-order valence-electron chi connectivity index (χ4n) is 2.69. The Morgan fingerprint density at radius 2 is 1.41 bits per heavy atom. The molecule has 1 aliphatic heterocycles. The van der Waals surface area contributed by atoms with E-state index in [1.54, 1.807) is 0 Å². The van der Waals surface area contributed by atoms with Crippen LogP contribution in [0.25, 0.3) is 21.8 Å². The molecule has 1 atom stereocenters. The van der Waals surface area contributed by atoms with Crippen LogP contribution in [0.15, 0.2) is 48.5 Å². The van der Waals surface area contributed by atoms with Gasteiger partial charge in [0.25, 0.3) is 0 Å². The van der Waals surface area contributed by atoms with Crippen LogP contribution in [-0.4, -0.2) is 10.3 Å². The van der Waals surface area contributed by atoms with Gasteiger partial charge in [-0.25, -0.2) is 0 Å². The van der Waals surface area contributed by atoms with Crippen molar-refractivity contribution in [3.05, 3.63) is 48.5 Å². The largest absolute Gasteiger partial charge is 0.328 e. The molecule has 0 unspecified atom stereocenters. The van der Waals surface area contributed by atoms with Gasteiger partial charge in [-0.3, -0.25) is 0 Å². The van der Waals surface area contributed by atoms with E-state index in [9.17, 15) is 0 Å². The molecule has 0 N–H and O–H groups in total. The summed E-state index contributed by atoms with van der Waals surface area (Å²) in [6, 6.07) is 17.5. The molecule has 1 saturated heterocycles. The molecular formula is C15H13NS. The monoisotopic (exact) mass is 239 g/mol. The van der Waals surface area contributed by atoms with Crippen molar-refractivity contribution in [3.63, 3.8) is 0 Å². The number of benzene rings is 2. The van der Waals surface area contributed by atoms with Crippen LogP contribution in [-0.2, 0) is 0 Å². The molecule has 0 spiro atoms. The highest BCUT2D eigenvalue weighted by molar-refractivity contribution is 8.00. The van der Waals surface area contributed by atoms with Crippen LogP contribution in [0, 0.1) is 0 Å². The highest BCUT2D eigenvalue weighted by atomic mass is 32.2. The summed E-state index contributed by atoms with van der Waals surface area (Å²) >= 11 is 2.06. The van der Waals surface area contributed by atoms with Gasteiger partial charge in [-0.1, -0.05) is 36.4 Å². The van der Waals surface area contributed by atoms with E-state index < -0.39 is 0 Å². The Kier molecular flexibility index (Phi) is 2.00. The molecule has 84 valence electrons. The number of para-hydroxylation sites is 2. The quantitative estimate of drug-likeness (QED) is 0.608. The summed E-state index contributed by atoms with van der Waals surface area (Å²) in [6.07, 6.45) is 1.30. The first kappa shape index (κ1) is 9.60. The second-order valence-corrected chi connectivity index (χ2v) is 5.80. The Morgan fingerprint density at radius 1 is 0.882 bits per heavy atom. The molecule has 1 nitrogen and oxygen atoms in total. The van der Waals surface area contributed by atoms with E-state index in [-0.39, 0.29) is 0 Å². The average Bonchev–Trinajstić information content (AvgIpc) is 2.64. The minimum absolute atomic E-state index is 0.639. The van der Waals surface area contributed by atoms with E-state index in [0.29, 0.717) is 5.37 Å². The Hall–Kier alpha value is -1.41. The number of rotatable bonds is 1. The number of hydrogen-bond donors (Lipinski definition) is 0. The van der Waals surface area contributed by atoms with Crippen molar-refractivity contribution in [2.45, 2.75) is 11.8 Å². The van der Waals surface area contributed by atoms with Crippen molar-refractivity contribution in [2.24, 2.45) is 0 Å². The highest BCUT2D eigenvalue weighted by Crippen LogP contribution is 2.43. The Morgan fingerprint density at radius 3 is 1.88 bits per heavy atom. The van der Waals surface area contributed by atoms with E-state index in [1.807, 2.05) is 0 Å². The molecule has 2 heteroatoms. The minimum atomic E-state index is 0.639. The van der Waals surface area contributed by atoms with E-state index >= 15 is 0 Å². The standard InChI is InChI=1S/C15H13NS/c1-3-7-13-11(5-1)12-6-2-4-8-14(12)16(13)15-9-10-17-15/h1-8,15H,9-10H2/t15-/m0/s1. The molecule has 4 rings (SSSR count).